The lowest BCUT2D eigenvalue weighted by atomic mass is 9.88. The maximum absolute atomic E-state index is 13.2. The smallest absolute Gasteiger partial charge is 0.251 e. The zero-order valence-electron chi connectivity index (χ0n) is 15.7. The summed E-state index contributed by atoms with van der Waals surface area (Å²) in [5, 5.41) is 3.43. The number of anilines is 1. The van der Waals surface area contributed by atoms with Crippen molar-refractivity contribution in [3.63, 3.8) is 0 Å². The number of hydrogen-bond acceptors (Lipinski definition) is 2. The van der Waals surface area contributed by atoms with Gasteiger partial charge >= 0.3 is 0 Å². The Labute approximate surface area is 170 Å². The van der Waals surface area contributed by atoms with Crippen molar-refractivity contribution in [1.82, 2.24) is 4.90 Å². The van der Waals surface area contributed by atoms with Crippen LogP contribution in [-0.2, 0) is 16.1 Å². The first-order chi connectivity index (χ1) is 13.6. The number of rotatable bonds is 5. The van der Waals surface area contributed by atoms with E-state index in [4.69, 9.17) is 11.6 Å². The number of carbonyl (C=O) groups excluding carboxylic acids is 2. The fourth-order valence-corrected chi connectivity index (χ4v) is 4.42. The molecule has 0 bridgehead atoms. The predicted octanol–water partition coefficient (Wildman–Crippen LogP) is 4.95. The zero-order valence-corrected chi connectivity index (χ0v) is 16.4. The monoisotopic (exact) mass is 394 g/mol. The fourth-order valence-electron chi connectivity index (χ4n) is 4.23. The molecule has 4 nitrogen and oxygen atoms in total. The van der Waals surface area contributed by atoms with Crippen LogP contribution in [0.15, 0.2) is 65.7 Å². The van der Waals surface area contributed by atoms with Crippen LogP contribution in [0.1, 0.15) is 37.7 Å². The van der Waals surface area contributed by atoms with Crippen LogP contribution in [-0.4, -0.2) is 22.8 Å². The van der Waals surface area contributed by atoms with Gasteiger partial charge in [0, 0.05) is 22.8 Å². The second kappa shape index (κ2) is 8.19. The molecule has 0 spiro atoms. The lowest BCUT2D eigenvalue weighted by molar-refractivity contribution is -0.129. The van der Waals surface area contributed by atoms with Crippen LogP contribution in [0.3, 0.4) is 0 Å². The van der Waals surface area contributed by atoms with E-state index in [0.29, 0.717) is 22.8 Å². The summed E-state index contributed by atoms with van der Waals surface area (Å²) < 4.78 is 0. The summed E-state index contributed by atoms with van der Waals surface area (Å²) in [6, 6.07) is 17.2. The van der Waals surface area contributed by atoms with Crippen molar-refractivity contribution in [1.29, 1.82) is 0 Å². The average Bonchev–Trinajstić information content (AvgIpc) is 2.95. The minimum Gasteiger partial charge on any atom is -0.328 e. The minimum atomic E-state index is -0.177. The van der Waals surface area contributed by atoms with Crippen LogP contribution in [0.5, 0.6) is 0 Å². The summed E-state index contributed by atoms with van der Waals surface area (Å²) in [5.41, 5.74) is 3.61. The number of halogens is 1. The number of nitrogens with one attached hydrogen (secondary N) is 1. The molecule has 1 aliphatic carbocycles. The molecular formula is C23H23ClN2O2. The number of benzene rings is 2. The molecule has 1 fully saturated rings. The third-order valence-corrected chi connectivity index (χ3v) is 5.74. The van der Waals surface area contributed by atoms with Crippen molar-refractivity contribution in [3.8, 4) is 0 Å². The first kappa shape index (κ1) is 18.8. The molecule has 1 atom stereocenters. The van der Waals surface area contributed by atoms with E-state index in [-0.39, 0.29) is 24.3 Å². The highest BCUT2D eigenvalue weighted by Gasteiger charge is 2.40. The summed E-state index contributed by atoms with van der Waals surface area (Å²) in [6.45, 7) is 0.591. The van der Waals surface area contributed by atoms with Crippen LogP contribution < -0.4 is 5.32 Å². The molecule has 1 unspecified atom stereocenters. The second-order valence-electron chi connectivity index (χ2n) is 7.42. The van der Waals surface area contributed by atoms with Crippen molar-refractivity contribution in [2.75, 3.05) is 5.32 Å². The molecular weight excluding hydrogens is 372 g/mol. The van der Waals surface area contributed by atoms with Gasteiger partial charge in [0.05, 0.1) is 12.5 Å². The van der Waals surface area contributed by atoms with Crippen LogP contribution in [0.25, 0.3) is 0 Å². The zero-order chi connectivity index (χ0) is 19.5. The molecule has 1 saturated carbocycles. The number of fused-ring (bicyclic) bond motifs is 1. The molecule has 1 heterocycles. The molecule has 2 aromatic carbocycles. The van der Waals surface area contributed by atoms with Crippen LogP contribution >= 0.6 is 11.6 Å². The van der Waals surface area contributed by atoms with Gasteiger partial charge in [-0.15, -0.1) is 0 Å². The highest BCUT2D eigenvalue weighted by atomic mass is 35.5. The Kier molecular flexibility index (Phi) is 5.49. The highest BCUT2D eigenvalue weighted by molar-refractivity contribution is 6.30. The van der Waals surface area contributed by atoms with Crippen LogP contribution in [0.2, 0.25) is 5.02 Å². The summed E-state index contributed by atoms with van der Waals surface area (Å²) in [7, 11) is 0. The molecule has 1 aliphatic heterocycles. The van der Waals surface area contributed by atoms with E-state index in [0.717, 1.165) is 36.8 Å². The Hall–Kier alpha value is -2.59. The SMILES string of the molecule is O=C(CC1=C2CCCCC2N(Cc2ccccc2)C1=O)Nc1cccc(Cl)c1. The number of nitrogens with zero attached hydrogens (tertiary/aromatic N) is 1. The third-order valence-electron chi connectivity index (χ3n) is 5.50. The molecule has 4 rings (SSSR count). The largest absolute Gasteiger partial charge is 0.328 e. The summed E-state index contributed by atoms with van der Waals surface area (Å²) in [6.07, 6.45) is 4.20. The predicted molar refractivity (Wildman–Crippen MR) is 111 cm³/mol. The van der Waals surface area contributed by atoms with Crippen molar-refractivity contribution in [3.05, 3.63) is 76.3 Å². The summed E-state index contributed by atoms with van der Waals surface area (Å²) in [5.74, 6) is -0.170. The van der Waals surface area contributed by atoms with Crippen LogP contribution in [0, 0.1) is 0 Å². The van der Waals surface area contributed by atoms with E-state index in [1.165, 1.54) is 0 Å². The van der Waals surface area contributed by atoms with Gasteiger partial charge in [0.25, 0.3) is 5.91 Å². The lowest BCUT2D eigenvalue weighted by Gasteiger charge is -2.30. The van der Waals surface area contributed by atoms with Gasteiger partial charge in [0.1, 0.15) is 0 Å². The summed E-state index contributed by atoms with van der Waals surface area (Å²) >= 11 is 5.99. The number of carbonyl (C=O) groups is 2. The number of amides is 2. The van der Waals surface area contributed by atoms with Gasteiger partial charge in [0.2, 0.25) is 5.91 Å². The highest BCUT2D eigenvalue weighted by Crippen LogP contribution is 2.38. The van der Waals surface area contributed by atoms with Crippen LogP contribution in [0.4, 0.5) is 5.69 Å². The maximum Gasteiger partial charge on any atom is 0.251 e. The van der Waals surface area contributed by atoms with Gasteiger partial charge in [-0.3, -0.25) is 9.59 Å². The quantitative estimate of drug-likeness (QED) is 0.779. The third kappa shape index (κ3) is 3.97. The Morgan fingerprint density at radius 3 is 2.71 bits per heavy atom. The normalized spacial score (nSPS) is 19.0. The van der Waals surface area contributed by atoms with Crippen molar-refractivity contribution >= 4 is 29.1 Å². The first-order valence-corrected chi connectivity index (χ1v) is 10.1. The van der Waals surface area contributed by atoms with Gasteiger partial charge in [-0.25, -0.2) is 0 Å². The molecule has 2 amide bonds. The van der Waals surface area contributed by atoms with E-state index < -0.39 is 0 Å². The van der Waals surface area contributed by atoms with Gasteiger partial charge in [-0.1, -0.05) is 54.4 Å². The fraction of sp³-hybridized carbons (Fsp3) is 0.304. The second-order valence-corrected chi connectivity index (χ2v) is 7.86. The molecule has 5 heteroatoms. The molecule has 1 N–H and O–H groups in total. The van der Waals surface area contributed by atoms with Gasteiger partial charge in [-0.2, -0.15) is 0 Å². The van der Waals surface area contributed by atoms with E-state index >= 15 is 0 Å². The van der Waals surface area contributed by atoms with Gasteiger partial charge in [0.15, 0.2) is 0 Å². The Morgan fingerprint density at radius 2 is 1.93 bits per heavy atom. The Bertz CT molecular complexity index is 923. The van der Waals surface area contributed by atoms with E-state index in [1.54, 1.807) is 24.3 Å². The molecule has 0 radical (unpaired) electrons. The van der Waals surface area contributed by atoms with E-state index in [2.05, 4.69) is 5.32 Å². The molecule has 0 saturated heterocycles. The molecule has 2 aromatic rings. The van der Waals surface area contributed by atoms with Crippen molar-refractivity contribution in [2.24, 2.45) is 0 Å². The standard InChI is InChI=1S/C23H23ClN2O2/c24-17-9-6-10-18(13-17)25-22(27)14-20-19-11-4-5-12-21(19)26(23(20)28)15-16-7-2-1-3-8-16/h1-3,6-10,13,21H,4-5,11-12,14-15H2,(H,25,27). The number of hydrogen-bond donors (Lipinski definition) is 1. The Morgan fingerprint density at radius 1 is 1.11 bits per heavy atom. The average molecular weight is 395 g/mol. The van der Waals surface area contributed by atoms with Crippen molar-refractivity contribution < 1.29 is 9.59 Å². The van der Waals surface area contributed by atoms with E-state index in [9.17, 15) is 9.59 Å². The Balaban J connectivity index is 1.51. The summed E-state index contributed by atoms with van der Waals surface area (Å²) in [4.78, 5) is 27.7. The van der Waals surface area contributed by atoms with E-state index in [1.807, 2.05) is 35.2 Å². The lowest BCUT2D eigenvalue weighted by Crippen LogP contribution is -2.36. The molecule has 2 aliphatic rings. The minimum absolute atomic E-state index is 0.00648. The molecule has 28 heavy (non-hydrogen) atoms. The van der Waals surface area contributed by atoms with Crippen molar-refractivity contribution in [2.45, 2.75) is 44.7 Å². The van der Waals surface area contributed by atoms with Gasteiger partial charge < -0.3 is 10.2 Å². The first-order valence-electron chi connectivity index (χ1n) is 9.74. The topological polar surface area (TPSA) is 49.4 Å². The molecule has 0 aromatic heterocycles. The van der Waals surface area contributed by atoms with Gasteiger partial charge in [-0.05, 0) is 48.6 Å². The maximum atomic E-state index is 13.2. The molecule has 144 valence electrons.